The third-order valence-electron chi connectivity index (χ3n) is 6.19. The number of aliphatic hydroxyl groups excluding tert-OH is 1. The standard InChI is InChI=1S/C23H24Br2N5O7P/c1-13(14(2)31)11-38(34,37-15-6-4-3-5-7-15)35-10-17-19(32)23(24,25)22(12-26,36-17)18-9-8-16-20(33)28-21(27)29-30(16)18/h3-9,13,17,19,32H,10-11H2,1-2H3,(H3,27,28,29,33)/t13-,17-,19+,22+,38?/m1/s1. The van der Waals surface area contributed by atoms with Crippen molar-refractivity contribution in [2.24, 2.45) is 5.92 Å². The second-order valence-electron chi connectivity index (χ2n) is 8.88. The molecule has 2 aromatic heterocycles. The normalized spacial score (nSPS) is 24.9. The fourth-order valence-corrected chi connectivity index (χ4v) is 7.36. The average molecular weight is 673 g/mol. The monoisotopic (exact) mass is 671 g/mol. The summed E-state index contributed by atoms with van der Waals surface area (Å²) < 4.78 is 30.8. The Bertz CT molecular complexity index is 1510. The highest BCUT2D eigenvalue weighted by molar-refractivity contribution is 9.25. The number of benzene rings is 1. The van der Waals surface area contributed by atoms with Gasteiger partial charge in [0.25, 0.3) is 5.56 Å². The second kappa shape index (κ2) is 10.6. The molecule has 12 nitrogen and oxygen atoms in total. The number of nitrogens with zero attached hydrogens (tertiary/aromatic N) is 3. The van der Waals surface area contributed by atoms with Crippen LogP contribution in [0.25, 0.3) is 5.52 Å². The zero-order valence-corrected chi connectivity index (χ0v) is 24.3. The maximum atomic E-state index is 13.7. The van der Waals surface area contributed by atoms with Crippen molar-refractivity contribution in [3.8, 4) is 11.8 Å². The fraction of sp³-hybridized carbons (Fsp3) is 0.391. The number of Topliss-reactive ketones (excluding diaryl/α,β-unsaturated/α-hetero) is 1. The van der Waals surface area contributed by atoms with Gasteiger partial charge < -0.3 is 20.1 Å². The molecule has 4 N–H and O–H groups in total. The summed E-state index contributed by atoms with van der Waals surface area (Å²) in [7, 11) is -3.94. The summed E-state index contributed by atoms with van der Waals surface area (Å²) in [5.41, 5.74) is 3.41. The highest BCUT2D eigenvalue weighted by Crippen LogP contribution is 2.57. The molecule has 0 saturated carbocycles. The van der Waals surface area contributed by atoms with Gasteiger partial charge in [0, 0.05) is 5.92 Å². The number of alkyl halides is 2. The van der Waals surface area contributed by atoms with Gasteiger partial charge in [0.2, 0.25) is 11.5 Å². The fourth-order valence-electron chi connectivity index (χ4n) is 4.02. The largest absolute Gasteiger partial charge is 0.424 e. The number of aromatic nitrogens is 3. The summed E-state index contributed by atoms with van der Waals surface area (Å²) in [4.78, 5) is 26.6. The van der Waals surface area contributed by atoms with E-state index in [2.05, 4.69) is 48.0 Å². The number of H-pyrrole nitrogens is 1. The lowest BCUT2D eigenvalue weighted by Gasteiger charge is -2.31. The van der Waals surface area contributed by atoms with Gasteiger partial charge in [0.1, 0.15) is 35.3 Å². The third kappa shape index (κ3) is 5.06. The van der Waals surface area contributed by atoms with Gasteiger partial charge in [0.05, 0.1) is 18.5 Å². The summed E-state index contributed by atoms with van der Waals surface area (Å²) in [6.45, 7) is 2.52. The van der Waals surface area contributed by atoms with E-state index < -0.39 is 46.7 Å². The van der Waals surface area contributed by atoms with Gasteiger partial charge >= 0.3 is 7.60 Å². The van der Waals surface area contributed by atoms with Crippen LogP contribution in [0.15, 0.2) is 47.3 Å². The topological polar surface area (TPSA) is 182 Å². The van der Waals surface area contributed by atoms with Gasteiger partial charge in [0.15, 0.2) is 3.23 Å². The van der Waals surface area contributed by atoms with Crippen LogP contribution in [0.3, 0.4) is 0 Å². The number of aliphatic hydroxyl groups is 1. The zero-order chi connectivity index (χ0) is 27.9. The molecule has 3 aromatic rings. The van der Waals surface area contributed by atoms with Gasteiger partial charge in [-0.1, -0.05) is 57.0 Å². The van der Waals surface area contributed by atoms with Crippen LogP contribution in [0.1, 0.15) is 19.5 Å². The predicted molar refractivity (Wildman–Crippen MR) is 144 cm³/mol. The number of rotatable bonds is 9. The number of carbonyl (C=O) groups is 1. The van der Waals surface area contributed by atoms with Crippen LogP contribution in [0, 0.1) is 17.2 Å². The van der Waals surface area contributed by atoms with Gasteiger partial charge in [-0.05, 0) is 31.2 Å². The molecule has 3 heterocycles. The molecule has 1 aliphatic heterocycles. The van der Waals surface area contributed by atoms with Gasteiger partial charge in [-0.25, -0.2) is 9.08 Å². The van der Waals surface area contributed by atoms with E-state index in [0.29, 0.717) is 0 Å². The smallest absolute Gasteiger partial charge is 0.379 e. The Morgan fingerprint density at radius 2 is 2.05 bits per heavy atom. The number of carbonyl (C=O) groups excluding carboxylic acids is 1. The molecule has 1 aromatic carbocycles. The lowest BCUT2D eigenvalue weighted by atomic mass is 9.95. The van der Waals surface area contributed by atoms with E-state index in [1.54, 1.807) is 37.3 Å². The molecule has 0 radical (unpaired) electrons. The second-order valence-corrected chi connectivity index (χ2v) is 14.5. The van der Waals surface area contributed by atoms with E-state index >= 15 is 0 Å². The molecule has 15 heteroatoms. The summed E-state index contributed by atoms with van der Waals surface area (Å²) in [6, 6.07) is 13.3. The van der Waals surface area contributed by atoms with E-state index in [9.17, 15) is 24.5 Å². The summed E-state index contributed by atoms with van der Waals surface area (Å²) in [5.74, 6) is -0.757. The predicted octanol–water partition coefficient (Wildman–Crippen LogP) is 3.08. The summed E-state index contributed by atoms with van der Waals surface area (Å²) >= 11 is 6.74. The van der Waals surface area contributed by atoms with Crippen LogP contribution in [-0.4, -0.2) is 53.7 Å². The summed E-state index contributed by atoms with van der Waals surface area (Å²) in [5, 5.41) is 25.5. The molecule has 1 aliphatic rings. The molecule has 0 spiro atoms. The average Bonchev–Trinajstić information content (AvgIpc) is 3.36. The van der Waals surface area contributed by atoms with E-state index in [-0.39, 0.29) is 34.9 Å². The van der Waals surface area contributed by atoms with Crippen LogP contribution in [0.5, 0.6) is 5.75 Å². The Labute approximate surface area is 233 Å². The van der Waals surface area contributed by atoms with Crippen molar-refractivity contribution in [2.75, 3.05) is 18.5 Å². The number of hydrogen-bond acceptors (Lipinski definition) is 10. The molecule has 1 unspecified atom stereocenters. The Morgan fingerprint density at radius 3 is 2.68 bits per heavy atom. The molecular weight excluding hydrogens is 649 g/mol. The van der Waals surface area contributed by atoms with Crippen LogP contribution >= 0.6 is 39.5 Å². The lowest BCUT2D eigenvalue weighted by Crippen LogP contribution is -2.45. The number of anilines is 1. The van der Waals surface area contributed by atoms with Crippen molar-refractivity contribution in [2.45, 2.75) is 34.9 Å². The minimum absolute atomic E-state index is 0.0939. The van der Waals surface area contributed by atoms with E-state index in [4.69, 9.17) is 19.5 Å². The molecule has 38 heavy (non-hydrogen) atoms. The van der Waals surface area contributed by atoms with Crippen LogP contribution in [0.4, 0.5) is 5.95 Å². The quantitative estimate of drug-likeness (QED) is 0.226. The Balaban J connectivity index is 1.66. The van der Waals surface area contributed by atoms with Gasteiger partial charge in [-0.15, -0.1) is 5.10 Å². The first-order valence-corrected chi connectivity index (χ1v) is 14.7. The Hall–Kier alpha value is -2.53. The molecule has 0 amide bonds. The number of ether oxygens (including phenoxy) is 1. The van der Waals surface area contributed by atoms with Crippen molar-refractivity contribution < 1.29 is 28.3 Å². The lowest BCUT2D eigenvalue weighted by molar-refractivity contribution is -0.119. The molecule has 202 valence electrons. The minimum atomic E-state index is -3.94. The maximum Gasteiger partial charge on any atom is 0.379 e. The number of nitrogen functional groups attached to an aromatic ring is 1. The first-order valence-electron chi connectivity index (χ1n) is 11.3. The van der Waals surface area contributed by atoms with Crippen molar-refractivity contribution in [1.82, 2.24) is 14.6 Å². The first kappa shape index (κ1) is 28.5. The van der Waals surface area contributed by atoms with E-state index in [1.165, 1.54) is 19.1 Å². The Morgan fingerprint density at radius 1 is 1.37 bits per heavy atom. The number of aromatic amines is 1. The van der Waals surface area contributed by atoms with Crippen molar-refractivity contribution in [1.29, 1.82) is 5.26 Å². The van der Waals surface area contributed by atoms with E-state index in [1.807, 2.05) is 0 Å². The molecule has 1 fully saturated rings. The number of nitriles is 1. The molecule has 1 saturated heterocycles. The first-order chi connectivity index (χ1) is 17.8. The number of nitrogens with one attached hydrogen (secondary N) is 1. The number of hydrogen-bond donors (Lipinski definition) is 3. The highest BCUT2D eigenvalue weighted by Gasteiger charge is 2.66. The van der Waals surface area contributed by atoms with Crippen LogP contribution in [0.2, 0.25) is 0 Å². The Kier molecular flexibility index (Phi) is 7.91. The number of halogens is 2. The summed E-state index contributed by atoms with van der Waals surface area (Å²) in [6.07, 6.45) is -2.85. The van der Waals surface area contributed by atoms with Crippen molar-refractivity contribution >= 4 is 56.7 Å². The number of fused-ring (bicyclic) bond motifs is 1. The zero-order valence-electron chi connectivity index (χ0n) is 20.2. The van der Waals surface area contributed by atoms with Crippen molar-refractivity contribution in [3.05, 3.63) is 58.5 Å². The van der Waals surface area contributed by atoms with Gasteiger partial charge in [-0.3, -0.25) is 19.1 Å². The van der Waals surface area contributed by atoms with E-state index in [0.717, 1.165) is 4.52 Å². The molecule has 0 bridgehead atoms. The number of para-hydroxylation sites is 1. The number of nitrogens with two attached hydrogens (primary N) is 1. The minimum Gasteiger partial charge on any atom is -0.424 e. The number of ketones is 1. The van der Waals surface area contributed by atoms with Crippen LogP contribution < -0.4 is 15.8 Å². The van der Waals surface area contributed by atoms with Crippen LogP contribution in [-0.2, 0) is 24.2 Å². The van der Waals surface area contributed by atoms with Crippen molar-refractivity contribution in [3.63, 3.8) is 0 Å². The molecule has 5 atom stereocenters. The highest BCUT2D eigenvalue weighted by atomic mass is 79.9. The third-order valence-corrected chi connectivity index (χ3v) is 10.3. The molecule has 0 aliphatic carbocycles. The van der Waals surface area contributed by atoms with Gasteiger partial charge in [-0.2, -0.15) is 5.26 Å². The molecular formula is C23H24Br2N5O7P. The SMILES string of the molecule is CC(=O)[C@H](C)CP(=O)(OC[C@H]1O[C@@](C#N)(c2ccc3c(=O)[nH]c(N)nn23)C(Br)(Br)[C@H]1O)Oc1ccccc1. The molecule has 4 rings (SSSR count). The maximum absolute atomic E-state index is 13.7.